The minimum absolute atomic E-state index is 0.257. The fraction of sp³-hybridized carbons (Fsp3) is 0.250. The summed E-state index contributed by atoms with van der Waals surface area (Å²) in [4.78, 5) is 6.45. The molecular formula is C16H18N4O. The van der Waals surface area contributed by atoms with Crippen LogP contribution in [0.25, 0.3) is 22.2 Å². The molecule has 0 aliphatic rings. The van der Waals surface area contributed by atoms with Crippen LogP contribution in [0.1, 0.15) is 11.9 Å². The summed E-state index contributed by atoms with van der Waals surface area (Å²) in [6.07, 6.45) is 0. The highest BCUT2D eigenvalue weighted by atomic mass is 16.5. The van der Waals surface area contributed by atoms with E-state index in [0.717, 1.165) is 16.3 Å². The number of fused-ring (bicyclic) bond motifs is 1. The molecule has 3 aromatic rings. The Hall–Kier alpha value is -2.24. The van der Waals surface area contributed by atoms with E-state index in [0.29, 0.717) is 18.3 Å². The van der Waals surface area contributed by atoms with E-state index >= 15 is 0 Å². The van der Waals surface area contributed by atoms with Crippen molar-refractivity contribution in [2.75, 3.05) is 20.6 Å². The number of likely N-dealkylation sites (N-methyl/N-ethyl adjacent to an activating group) is 1. The second-order valence-corrected chi connectivity index (χ2v) is 5.35. The van der Waals surface area contributed by atoms with Gasteiger partial charge in [0, 0.05) is 12.1 Å². The average molecular weight is 282 g/mol. The Labute approximate surface area is 123 Å². The van der Waals surface area contributed by atoms with E-state index in [1.165, 1.54) is 0 Å². The Morgan fingerprint density at radius 2 is 1.90 bits per heavy atom. The maximum atomic E-state index is 6.07. The third kappa shape index (κ3) is 2.79. The van der Waals surface area contributed by atoms with Crippen LogP contribution in [-0.4, -0.2) is 35.7 Å². The molecule has 0 aliphatic carbocycles. The number of nitrogens with two attached hydrogens (primary N) is 1. The van der Waals surface area contributed by atoms with Crippen molar-refractivity contribution in [3.05, 3.63) is 48.3 Å². The van der Waals surface area contributed by atoms with Gasteiger partial charge in [0.15, 0.2) is 5.82 Å². The molecule has 0 saturated carbocycles. The molecule has 0 bridgehead atoms. The number of benzene rings is 2. The first-order chi connectivity index (χ1) is 10.1. The molecule has 2 aromatic carbocycles. The lowest BCUT2D eigenvalue weighted by atomic mass is 10.0. The van der Waals surface area contributed by atoms with Crippen LogP contribution in [0.5, 0.6) is 0 Å². The van der Waals surface area contributed by atoms with Gasteiger partial charge in [-0.1, -0.05) is 41.6 Å². The summed E-state index contributed by atoms with van der Waals surface area (Å²) in [5.41, 5.74) is 7.01. The average Bonchev–Trinajstić information content (AvgIpc) is 2.95. The summed E-state index contributed by atoms with van der Waals surface area (Å²) < 4.78 is 5.40. The molecule has 0 spiro atoms. The quantitative estimate of drug-likeness (QED) is 0.796. The van der Waals surface area contributed by atoms with Gasteiger partial charge < -0.3 is 15.2 Å². The van der Waals surface area contributed by atoms with Gasteiger partial charge in [-0.3, -0.25) is 0 Å². The van der Waals surface area contributed by atoms with Gasteiger partial charge in [-0.05, 0) is 30.9 Å². The first kappa shape index (κ1) is 13.7. The minimum Gasteiger partial charge on any atom is -0.334 e. The van der Waals surface area contributed by atoms with Gasteiger partial charge >= 0.3 is 0 Å². The van der Waals surface area contributed by atoms with Crippen molar-refractivity contribution in [1.82, 2.24) is 15.0 Å². The number of rotatable bonds is 4. The van der Waals surface area contributed by atoms with E-state index in [4.69, 9.17) is 10.3 Å². The van der Waals surface area contributed by atoms with E-state index < -0.39 is 0 Å². The minimum atomic E-state index is -0.257. The Kier molecular flexibility index (Phi) is 3.68. The summed E-state index contributed by atoms with van der Waals surface area (Å²) >= 11 is 0. The Morgan fingerprint density at radius 1 is 1.14 bits per heavy atom. The molecule has 2 N–H and O–H groups in total. The van der Waals surface area contributed by atoms with Gasteiger partial charge in [0.1, 0.15) is 0 Å². The Morgan fingerprint density at radius 3 is 2.71 bits per heavy atom. The fourth-order valence-electron chi connectivity index (χ4n) is 2.38. The number of hydrogen-bond acceptors (Lipinski definition) is 5. The van der Waals surface area contributed by atoms with Crippen LogP contribution in [-0.2, 0) is 0 Å². The molecule has 1 aromatic heterocycles. The first-order valence-corrected chi connectivity index (χ1v) is 6.87. The zero-order chi connectivity index (χ0) is 14.8. The largest absolute Gasteiger partial charge is 0.334 e. The molecule has 0 saturated heterocycles. The molecule has 1 heterocycles. The van der Waals surface area contributed by atoms with Crippen molar-refractivity contribution >= 4 is 10.8 Å². The lowest BCUT2D eigenvalue weighted by molar-refractivity contribution is 0.357. The zero-order valence-electron chi connectivity index (χ0n) is 12.2. The lowest BCUT2D eigenvalue weighted by Crippen LogP contribution is -2.26. The van der Waals surface area contributed by atoms with Gasteiger partial charge in [-0.25, -0.2) is 0 Å². The maximum absolute atomic E-state index is 6.07. The molecule has 21 heavy (non-hydrogen) atoms. The van der Waals surface area contributed by atoms with Crippen LogP contribution < -0.4 is 5.73 Å². The molecule has 0 amide bonds. The molecule has 5 heteroatoms. The molecule has 3 rings (SSSR count). The van der Waals surface area contributed by atoms with E-state index in [1.54, 1.807) is 0 Å². The van der Waals surface area contributed by atoms with Crippen LogP contribution in [0.15, 0.2) is 47.0 Å². The van der Waals surface area contributed by atoms with Gasteiger partial charge in [0.05, 0.1) is 6.04 Å². The third-order valence-electron chi connectivity index (χ3n) is 3.36. The van der Waals surface area contributed by atoms with E-state index in [9.17, 15) is 0 Å². The molecule has 108 valence electrons. The summed E-state index contributed by atoms with van der Waals surface area (Å²) in [5.74, 6) is 1.04. The smallest absolute Gasteiger partial charge is 0.258 e. The van der Waals surface area contributed by atoms with Crippen molar-refractivity contribution in [3.8, 4) is 11.5 Å². The normalized spacial score (nSPS) is 13.0. The number of aromatic nitrogens is 2. The highest BCUT2D eigenvalue weighted by Crippen LogP contribution is 2.27. The summed E-state index contributed by atoms with van der Waals surface area (Å²) in [6, 6.07) is 13.9. The number of nitrogens with zero attached hydrogens (tertiary/aromatic N) is 3. The standard InChI is InChI=1S/C16H18N4O/c1-20(2)10-14(17)15-18-16(21-19-15)13-9-5-7-11-6-3-4-8-12(11)13/h3-9,14H,10,17H2,1-2H3. The first-order valence-electron chi connectivity index (χ1n) is 6.87. The molecular weight excluding hydrogens is 264 g/mol. The summed E-state index contributed by atoms with van der Waals surface area (Å²) in [6.45, 7) is 0.675. The highest BCUT2D eigenvalue weighted by Gasteiger charge is 2.17. The van der Waals surface area contributed by atoms with E-state index in [-0.39, 0.29) is 6.04 Å². The van der Waals surface area contributed by atoms with Crippen molar-refractivity contribution in [3.63, 3.8) is 0 Å². The summed E-state index contributed by atoms with van der Waals surface area (Å²) in [5, 5.41) is 6.25. The van der Waals surface area contributed by atoms with Gasteiger partial charge in [0.2, 0.25) is 0 Å². The number of hydrogen-bond donors (Lipinski definition) is 1. The molecule has 1 atom stereocenters. The Balaban J connectivity index is 1.99. The van der Waals surface area contributed by atoms with Crippen molar-refractivity contribution in [2.45, 2.75) is 6.04 Å². The van der Waals surface area contributed by atoms with Crippen LogP contribution in [0.3, 0.4) is 0 Å². The van der Waals surface area contributed by atoms with Crippen LogP contribution >= 0.6 is 0 Å². The van der Waals surface area contributed by atoms with Crippen LogP contribution in [0.2, 0.25) is 0 Å². The molecule has 5 nitrogen and oxygen atoms in total. The summed E-state index contributed by atoms with van der Waals surface area (Å²) in [7, 11) is 3.93. The zero-order valence-corrected chi connectivity index (χ0v) is 12.2. The molecule has 0 fully saturated rings. The van der Waals surface area contributed by atoms with Gasteiger partial charge in [-0.15, -0.1) is 0 Å². The molecule has 0 aliphatic heterocycles. The SMILES string of the molecule is CN(C)CC(N)c1noc(-c2cccc3ccccc23)n1. The monoisotopic (exact) mass is 282 g/mol. The second kappa shape index (κ2) is 5.63. The van der Waals surface area contributed by atoms with Crippen molar-refractivity contribution in [2.24, 2.45) is 5.73 Å². The molecule has 1 unspecified atom stereocenters. The predicted octanol–water partition coefficient (Wildman–Crippen LogP) is 2.45. The highest BCUT2D eigenvalue weighted by molar-refractivity contribution is 5.94. The van der Waals surface area contributed by atoms with Crippen LogP contribution in [0.4, 0.5) is 0 Å². The molecule has 0 radical (unpaired) electrons. The topological polar surface area (TPSA) is 68.2 Å². The Bertz CT molecular complexity index is 745. The predicted molar refractivity (Wildman–Crippen MR) is 82.7 cm³/mol. The third-order valence-corrected chi connectivity index (χ3v) is 3.36. The van der Waals surface area contributed by atoms with E-state index in [1.807, 2.05) is 49.3 Å². The van der Waals surface area contributed by atoms with Crippen molar-refractivity contribution < 1.29 is 4.52 Å². The van der Waals surface area contributed by atoms with Crippen molar-refractivity contribution in [1.29, 1.82) is 0 Å². The second-order valence-electron chi connectivity index (χ2n) is 5.35. The van der Waals surface area contributed by atoms with Gasteiger partial charge in [-0.2, -0.15) is 4.98 Å². The fourth-order valence-corrected chi connectivity index (χ4v) is 2.38. The van der Waals surface area contributed by atoms with Crippen LogP contribution in [0, 0.1) is 0 Å². The van der Waals surface area contributed by atoms with E-state index in [2.05, 4.69) is 22.3 Å². The maximum Gasteiger partial charge on any atom is 0.258 e. The lowest BCUT2D eigenvalue weighted by Gasteiger charge is -2.12. The van der Waals surface area contributed by atoms with Gasteiger partial charge in [0.25, 0.3) is 5.89 Å².